The van der Waals surface area contributed by atoms with Gasteiger partial charge in [0.2, 0.25) is 0 Å². The van der Waals surface area contributed by atoms with Gasteiger partial charge in [-0.2, -0.15) is 5.10 Å². The van der Waals surface area contributed by atoms with E-state index in [1.807, 2.05) is 0 Å². The van der Waals surface area contributed by atoms with E-state index in [1.54, 1.807) is 0 Å². The van der Waals surface area contributed by atoms with Crippen LogP contribution in [0.25, 0.3) is 0 Å². The number of nitrogens with one attached hydrogen (secondary N) is 1. The number of hydrogen-bond acceptors (Lipinski definition) is 2. The van der Waals surface area contributed by atoms with Crippen molar-refractivity contribution in [2.75, 3.05) is 0 Å². The highest BCUT2D eigenvalue weighted by Gasteiger charge is 2.42. The van der Waals surface area contributed by atoms with E-state index in [2.05, 4.69) is 40.5 Å². The summed E-state index contributed by atoms with van der Waals surface area (Å²) in [5.41, 5.74) is 1.44. The fourth-order valence-corrected chi connectivity index (χ4v) is 3.56. The van der Waals surface area contributed by atoms with Crippen molar-refractivity contribution in [3.8, 4) is 0 Å². The Labute approximate surface area is 119 Å². The average Bonchev–Trinajstić information content (AvgIpc) is 3.18. The minimum absolute atomic E-state index is 0.558. The summed E-state index contributed by atoms with van der Waals surface area (Å²) in [6.45, 7) is 0. The monoisotopic (exact) mass is 267 g/mol. The molecule has 2 aromatic rings. The highest BCUT2D eigenvalue weighted by atomic mass is 15.2. The molecule has 3 nitrogen and oxygen atoms in total. The van der Waals surface area contributed by atoms with E-state index in [9.17, 15) is 0 Å². The quantitative estimate of drug-likeness (QED) is 0.908. The van der Waals surface area contributed by atoms with Gasteiger partial charge in [-0.05, 0) is 30.7 Å². The highest BCUT2D eigenvalue weighted by molar-refractivity contribution is 5.31. The predicted molar refractivity (Wildman–Crippen MR) is 78.7 cm³/mol. The molecule has 2 aliphatic rings. The number of benzene rings is 1. The maximum Gasteiger partial charge on any atom is 0.153 e. The second-order valence-corrected chi connectivity index (χ2v) is 6.27. The summed E-state index contributed by atoms with van der Waals surface area (Å²) in [6, 6.07) is 10.8. The molecule has 1 aromatic heterocycles. The molecular weight excluding hydrogens is 246 g/mol. The van der Waals surface area contributed by atoms with E-state index in [4.69, 9.17) is 4.98 Å². The largest absolute Gasteiger partial charge is 0.263 e. The molecule has 20 heavy (non-hydrogen) atoms. The Morgan fingerprint density at radius 3 is 2.55 bits per heavy atom. The Balaban J connectivity index is 1.47. The van der Waals surface area contributed by atoms with Gasteiger partial charge >= 0.3 is 0 Å². The van der Waals surface area contributed by atoms with E-state index in [0.717, 1.165) is 11.6 Å². The van der Waals surface area contributed by atoms with Crippen LogP contribution in [0.15, 0.2) is 30.3 Å². The molecule has 0 amide bonds. The third kappa shape index (κ3) is 2.26. The van der Waals surface area contributed by atoms with Gasteiger partial charge < -0.3 is 0 Å². The molecule has 2 atom stereocenters. The molecule has 2 unspecified atom stereocenters. The van der Waals surface area contributed by atoms with Crippen LogP contribution in [0.2, 0.25) is 0 Å². The van der Waals surface area contributed by atoms with E-state index in [1.165, 1.54) is 44.1 Å². The first-order chi connectivity index (χ1) is 9.92. The third-order valence-electron chi connectivity index (χ3n) is 4.86. The predicted octanol–water partition coefficient (Wildman–Crippen LogP) is 4.12. The van der Waals surface area contributed by atoms with Gasteiger partial charge in [0.15, 0.2) is 5.82 Å². The fraction of sp³-hybridized carbons (Fsp3) is 0.529. The van der Waals surface area contributed by atoms with Gasteiger partial charge in [-0.1, -0.05) is 49.6 Å². The third-order valence-corrected chi connectivity index (χ3v) is 4.86. The first-order valence-corrected chi connectivity index (χ1v) is 7.89. The zero-order valence-electron chi connectivity index (χ0n) is 11.8. The molecule has 0 aliphatic heterocycles. The van der Waals surface area contributed by atoms with E-state index in [-0.39, 0.29) is 0 Å². The van der Waals surface area contributed by atoms with E-state index < -0.39 is 0 Å². The number of aromatic amines is 1. The summed E-state index contributed by atoms with van der Waals surface area (Å²) in [5.74, 6) is 3.98. The van der Waals surface area contributed by atoms with Crippen LogP contribution < -0.4 is 0 Å². The average molecular weight is 267 g/mol. The molecule has 4 rings (SSSR count). The Hall–Kier alpha value is -1.64. The lowest BCUT2D eigenvalue weighted by Crippen LogP contribution is -2.06. The molecule has 3 heteroatoms. The second kappa shape index (κ2) is 5.04. The van der Waals surface area contributed by atoms with Gasteiger partial charge in [0.1, 0.15) is 5.82 Å². The Morgan fingerprint density at radius 1 is 0.950 bits per heavy atom. The molecule has 0 bridgehead atoms. The zero-order valence-corrected chi connectivity index (χ0v) is 11.8. The van der Waals surface area contributed by atoms with Gasteiger partial charge in [0.25, 0.3) is 0 Å². The van der Waals surface area contributed by atoms with Crippen molar-refractivity contribution in [1.29, 1.82) is 0 Å². The minimum Gasteiger partial charge on any atom is -0.263 e. The topological polar surface area (TPSA) is 41.6 Å². The number of rotatable bonds is 3. The van der Waals surface area contributed by atoms with Crippen LogP contribution in [0.1, 0.15) is 73.5 Å². The highest BCUT2D eigenvalue weighted by Crippen LogP contribution is 2.53. The maximum atomic E-state index is 4.81. The molecule has 1 heterocycles. The van der Waals surface area contributed by atoms with Crippen LogP contribution >= 0.6 is 0 Å². The molecule has 2 saturated carbocycles. The van der Waals surface area contributed by atoms with Crippen LogP contribution in [0.4, 0.5) is 0 Å². The number of aromatic nitrogens is 3. The molecule has 104 valence electrons. The van der Waals surface area contributed by atoms with E-state index in [0.29, 0.717) is 17.8 Å². The van der Waals surface area contributed by atoms with Crippen LogP contribution in [-0.4, -0.2) is 15.2 Å². The first kappa shape index (κ1) is 12.1. The zero-order chi connectivity index (χ0) is 13.4. The molecule has 0 spiro atoms. The van der Waals surface area contributed by atoms with Crippen molar-refractivity contribution in [3.05, 3.63) is 47.5 Å². The van der Waals surface area contributed by atoms with Crippen molar-refractivity contribution in [3.63, 3.8) is 0 Å². The lowest BCUT2D eigenvalue weighted by molar-refractivity contribution is 0.429. The summed E-state index contributed by atoms with van der Waals surface area (Å²) in [5, 5.41) is 7.70. The normalized spacial score (nSPS) is 26.6. The molecule has 1 N–H and O–H groups in total. The Morgan fingerprint density at radius 2 is 1.75 bits per heavy atom. The number of H-pyrrole nitrogens is 1. The SMILES string of the molecule is c1ccc(C2CC2c2nc(C3CCCCC3)n[nH]2)cc1. The summed E-state index contributed by atoms with van der Waals surface area (Å²) in [7, 11) is 0. The number of nitrogens with zero attached hydrogens (tertiary/aromatic N) is 2. The van der Waals surface area contributed by atoms with Crippen LogP contribution in [0.3, 0.4) is 0 Å². The summed E-state index contributed by atoms with van der Waals surface area (Å²) in [6.07, 6.45) is 7.80. The minimum atomic E-state index is 0.558. The fourth-order valence-electron chi connectivity index (χ4n) is 3.56. The van der Waals surface area contributed by atoms with Gasteiger partial charge in [0, 0.05) is 11.8 Å². The molecular formula is C17H21N3. The maximum absolute atomic E-state index is 4.81. The lowest BCUT2D eigenvalue weighted by Gasteiger charge is -2.18. The molecule has 2 fully saturated rings. The van der Waals surface area contributed by atoms with Crippen molar-refractivity contribution >= 4 is 0 Å². The van der Waals surface area contributed by atoms with Crippen molar-refractivity contribution < 1.29 is 0 Å². The summed E-state index contributed by atoms with van der Waals surface area (Å²) < 4.78 is 0. The summed E-state index contributed by atoms with van der Waals surface area (Å²) >= 11 is 0. The second-order valence-electron chi connectivity index (χ2n) is 6.27. The Bertz CT molecular complexity index is 569. The standard InChI is InChI=1S/C17H21N3/c1-3-7-12(8-4-1)14-11-15(14)17-18-16(19-20-17)13-9-5-2-6-10-13/h1,3-4,7-8,13-15H,2,5-6,9-11H2,(H,18,19,20). The molecule has 0 saturated heterocycles. The van der Waals surface area contributed by atoms with E-state index >= 15 is 0 Å². The Kier molecular flexibility index (Phi) is 3.06. The first-order valence-electron chi connectivity index (χ1n) is 7.89. The smallest absolute Gasteiger partial charge is 0.153 e. The molecule has 1 aromatic carbocycles. The number of hydrogen-bond donors (Lipinski definition) is 1. The van der Waals surface area contributed by atoms with Gasteiger partial charge in [0.05, 0.1) is 0 Å². The lowest BCUT2D eigenvalue weighted by atomic mass is 9.89. The molecule has 2 aliphatic carbocycles. The van der Waals surface area contributed by atoms with Gasteiger partial charge in [-0.15, -0.1) is 0 Å². The van der Waals surface area contributed by atoms with Crippen molar-refractivity contribution in [2.45, 2.75) is 56.3 Å². The summed E-state index contributed by atoms with van der Waals surface area (Å²) in [4.78, 5) is 4.81. The van der Waals surface area contributed by atoms with Crippen molar-refractivity contribution in [1.82, 2.24) is 15.2 Å². The van der Waals surface area contributed by atoms with Gasteiger partial charge in [-0.3, -0.25) is 5.10 Å². The molecule has 0 radical (unpaired) electrons. The van der Waals surface area contributed by atoms with Gasteiger partial charge in [-0.25, -0.2) is 4.98 Å². The van der Waals surface area contributed by atoms with Crippen LogP contribution in [0.5, 0.6) is 0 Å². The van der Waals surface area contributed by atoms with Crippen LogP contribution in [0, 0.1) is 0 Å². The van der Waals surface area contributed by atoms with Crippen LogP contribution in [-0.2, 0) is 0 Å². The van der Waals surface area contributed by atoms with Crippen molar-refractivity contribution in [2.24, 2.45) is 0 Å².